The monoisotopic (exact) mass is 575 g/mol. The van der Waals surface area contributed by atoms with Gasteiger partial charge in [-0.1, -0.05) is 129 Å². The van der Waals surface area contributed by atoms with Gasteiger partial charge in [-0.2, -0.15) is 0 Å². The van der Waals surface area contributed by atoms with Gasteiger partial charge in [-0.15, -0.1) is 0 Å². The molecule has 45 heavy (non-hydrogen) atoms. The molecule has 3 nitrogen and oxygen atoms in total. The normalized spacial score (nSPS) is 13.3. The number of rotatable bonds is 3. The highest BCUT2D eigenvalue weighted by Gasteiger charge is 2.39. The number of aromatic nitrogens is 3. The second-order valence-electron chi connectivity index (χ2n) is 12.5. The predicted molar refractivity (Wildman–Crippen MR) is 186 cm³/mol. The number of pyridine rings is 3. The minimum atomic E-state index is -0.147. The lowest BCUT2D eigenvalue weighted by atomic mass is 9.78. The molecule has 1 aliphatic carbocycles. The second kappa shape index (κ2) is 9.67. The molecule has 9 rings (SSSR count). The van der Waals surface area contributed by atoms with Crippen LogP contribution < -0.4 is 0 Å². The Labute approximate surface area is 261 Å². The van der Waals surface area contributed by atoms with Crippen LogP contribution in [0.4, 0.5) is 0 Å². The zero-order valence-corrected chi connectivity index (χ0v) is 25.1. The average molecular weight is 576 g/mol. The van der Waals surface area contributed by atoms with Gasteiger partial charge in [0.1, 0.15) is 0 Å². The topological polar surface area (TPSA) is 38.7 Å². The summed E-state index contributed by atoms with van der Waals surface area (Å²) < 4.78 is 0. The van der Waals surface area contributed by atoms with Crippen LogP contribution in [0, 0.1) is 0 Å². The highest BCUT2D eigenvalue weighted by Crippen LogP contribution is 2.53. The lowest BCUT2D eigenvalue weighted by Crippen LogP contribution is -2.16. The Morgan fingerprint density at radius 3 is 1.96 bits per heavy atom. The van der Waals surface area contributed by atoms with Crippen LogP contribution in [0.2, 0.25) is 0 Å². The van der Waals surface area contributed by atoms with Crippen molar-refractivity contribution in [1.82, 2.24) is 15.0 Å². The van der Waals surface area contributed by atoms with E-state index in [0.29, 0.717) is 0 Å². The first kappa shape index (κ1) is 25.8. The molecule has 3 heteroatoms. The smallest absolute Gasteiger partial charge is 0.0972 e. The van der Waals surface area contributed by atoms with Crippen molar-refractivity contribution in [3.63, 3.8) is 0 Å². The summed E-state index contributed by atoms with van der Waals surface area (Å²) in [4.78, 5) is 14.8. The van der Waals surface area contributed by atoms with Crippen molar-refractivity contribution < 1.29 is 0 Å². The molecular weight excluding hydrogens is 546 g/mol. The molecule has 0 aliphatic heterocycles. The van der Waals surface area contributed by atoms with Gasteiger partial charge >= 0.3 is 0 Å². The van der Waals surface area contributed by atoms with Gasteiger partial charge in [0.25, 0.3) is 0 Å². The summed E-state index contributed by atoms with van der Waals surface area (Å²) in [7, 11) is 0. The molecule has 8 aromatic rings. The van der Waals surface area contributed by atoms with Crippen LogP contribution in [0.1, 0.15) is 25.0 Å². The molecule has 5 aromatic carbocycles. The Balaban J connectivity index is 1.10. The maximum absolute atomic E-state index is 5.20. The summed E-state index contributed by atoms with van der Waals surface area (Å²) in [5.41, 5.74) is 14.7. The van der Waals surface area contributed by atoms with Gasteiger partial charge < -0.3 is 0 Å². The number of hydrogen-bond donors (Lipinski definition) is 0. The molecule has 212 valence electrons. The predicted octanol–water partition coefficient (Wildman–Crippen LogP) is 10.6. The Bertz CT molecular complexity index is 2440. The summed E-state index contributed by atoms with van der Waals surface area (Å²) in [6, 6.07) is 47.5. The molecule has 0 radical (unpaired) electrons. The van der Waals surface area contributed by atoms with Crippen LogP contribution in [-0.4, -0.2) is 15.0 Å². The van der Waals surface area contributed by atoms with Crippen molar-refractivity contribution >= 4 is 32.7 Å². The number of para-hydroxylation sites is 1. The van der Waals surface area contributed by atoms with Crippen molar-refractivity contribution in [3.8, 4) is 44.8 Å². The van der Waals surface area contributed by atoms with Crippen molar-refractivity contribution in [2.24, 2.45) is 0 Å². The van der Waals surface area contributed by atoms with Crippen LogP contribution in [0.25, 0.3) is 77.5 Å². The fourth-order valence-corrected chi connectivity index (χ4v) is 7.23. The van der Waals surface area contributed by atoms with Crippen molar-refractivity contribution in [2.75, 3.05) is 0 Å². The molecule has 0 N–H and O–H groups in total. The first-order chi connectivity index (χ1) is 22.1. The van der Waals surface area contributed by atoms with Crippen molar-refractivity contribution in [3.05, 3.63) is 151 Å². The first-order valence-electron chi connectivity index (χ1n) is 15.5. The number of nitrogens with zero attached hydrogens (tertiary/aromatic N) is 3. The standard InChI is InChI=1S/C42H29N3/c1-42(2)34-11-5-3-9-32(34)41-38(42)37(33-10-4-6-12-36(33)45-41)29-19-15-27(16-20-29)26-13-17-28(18-14-26)35-24-23-31-22-21-30-8-7-25-43-39(30)40(31)44-35/h3-25H,1-2H3. The fourth-order valence-electron chi connectivity index (χ4n) is 7.23. The lowest BCUT2D eigenvalue weighted by molar-refractivity contribution is 0.662. The Kier molecular flexibility index (Phi) is 5.54. The molecule has 0 bridgehead atoms. The van der Waals surface area contributed by atoms with Crippen LogP contribution >= 0.6 is 0 Å². The Morgan fingerprint density at radius 1 is 0.511 bits per heavy atom. The van der Waals surface area contributed by atoms with E-state index < -0.39 is 0 Å². The van der Waals surface area contributed by atoms with E-state index in [4.69, 9.17) is 9.97 Å². The number of hydrogen-bond acceptors (Lipinski definition) is 3. The van der Waals surface area contributed by atoms with Gasteiger partial charge in [0.2, 0.25) is 0 Å². The quantitative estimate of drug-likeness (QED) is 0.197. The largest absolute Gasteiger partial charge is 0.254 e. The maximum Gasteiger partial charge on any atom is 0.0972 e. The van der Waals surface area contributed by atoms with Crippen molar-refractivity contribution in [2.45, 2.75) is 19.3 Å². The molecule has 0 saturated carbocycles. The molecule has 3 aromatic heterocycles. The first-order valence-corrected chi connectivity index (χ1v) is 15.5. The zero-order valence-electron chi connectivity index (χ0n) is 25.1. The summed E-state index contributed by atoms with van der Waals surface area (Å²) in [6.07, 6.45) is 1.83. The van der Waals surface area contributed by atoms with Crippen LogP contribution in [0.5, 0.6) is 0 Å². The molecule has 0 spiro atoms. The number of fused-ring (bicyclic) bond motifs is 7. The second-order valence-corrected chi connectivity index (χ2v) is 12.5. The third kappa shape index (κ3) is 3.94. The molecule has 1 aliphatic rings. The number of benzene rings is 5. The molecule has 0 saturated heterocycles. The van der Waals surface area contributed by atoms with Gasteiger partial charge in [0.15, 0.2) is 0 Å². The summed E-state index contributed by atoms with van der Waals surface area (Å²) in [5.74, 6) is 0. The highest BCUT2D eigenvalue weighted by atomic mass is 14.8. The van der Waals surface area contributed by atoms with E-state index in [0.717, 1.165) is 44.3 Å². The lowest BCUT2D eigenvalue weighted by Gasteiger charge is -2.25. The van der Waals surface area contributed by atoms with Gasteiger partial charge in [-0.05, 0) is 51.6 Å². The van der Waals surface area contributed by atoms with E-state index in [-0.39, 0.29) is 5.41 Å². The van der Waals surface area contributed by atoms with Gasteiger partial charge in [0, 0.05) is 38.9 Å². The SMILES string of the molecule is CC1(C)c2ccccc2-c2nc3ccccc3c(-c3ccc(-c4ccc(-c5ccc6ccc7cccnc7c6n5)cc4)cc3)c21. The third-order valence-electron chi connectivity index (χ3n) is 9.49. The fraction of sp³-hybridized carbons (Fsp3) is 0.0714. The Hall–Kier alpha value is -5.67. The Morgan fingerprint density at radius 2 is 1.16 bits per heavy atom. The average Bonchev–Trinajstić information content (AvgIpc) is 3.33. The minimum absolute atomic E-state index is 0.147. The molecule has 0 atom stereocenters. The molecule has 0 amide bonds. The van der Waals surface area contributed by atoms with E-state index in [1.807, 2.05) is 12.3 Å². The van der Waals surface area contributed by atoms with E-state index >= 15 is 0 Å². The van der Waals surface area contributed by atoms with Crippen molar-refractivity contribution in [1.29, 1.82) is 0 Å². The van der Waals surface area contributed by atoms with E-state index in [1.54, 1.807) is 0 Å². The van der Waals surface area contributed by atoms with E-state index in [2.05, 4.69) is 146 Å². The maximum atomic E-state index is 5.20. The summed E-state index contributed by atoms with van der Waals surface area (Å²) in [6.45, 7) is 4.66. The van der Waals surface area contributed by atoms with E-state index in [1.165, 1.54) is 44.3 Å². The minimum Gasteiger partial charge on any atom is -0.254 e. The van der Waals surface area contributed by atoms with Gasteiger partial charge in [-0.25, -0.2) is 9.97 Å². The molecule has 0 fully saturated rings. The molecule has 3 heterocycles. The highest BCUT2D eigenvalue weighted by molar-refractivity contribution is 6.04. The van der Waals surface area contributed by atoms with Crippen LogP contribution in [0.3, 0.4) is 0 Å². The molecular formula is C42H29N3. The van der Waals surface area contributed by atoms with Crippen LogP contribution in [0.15, 0.2) is 140 Å². The summed E-state index contributed by atoms with van der Waals surface area (Å²) in [5, 5.41) is 3.40. The third-order valence-corrected chi connectivity index (χ3v) is 9.49. The van der Waals surface area contributed by atoms with Gasteiger partial charge in [-0.3, -0.25) is 4.98 Å². The molecule has 0 unspecified atom stereocenters. The zero-order chi connectivity index (χ0) is 30.1. The van der Waals surface area contributed by atoms with E-state index in [9.17, 15) is 0 Å². The van der Waals surface area contributed by atoms with Crippen LogP contribution in [-0.2, 0) is 5.41 Å². The van der Waals surface area contributed by atoms with Gasteiger partial charge in [0.05, 0.1) is 27.9 Å². The summed E-state index contributed by atoms with van der Waals surface area (Å²) >= 11 is 0.